The molecule has 1 saturated heterocycles. The van der Waals surface area contributed by atoms with Gasteiger partial charge in [0, 0.05) is 53.5 Å². The Balaban J connectivity index is 1.91. The van der Waals surface area contributed by atoms with Gasteiger partial charge >= 0.3 is 0 Å². The van der Waals surface area contributed by atoms with Crippen molar-refractivity contribution in [3.05, 3.63) is 23.2 Å². The summed E-state index contributed by atoms with van der Waals surface area (Å²) < 4.78 is 17.1. The lowest BCUT2D eigenvalue weighted by atomic mass is 10.2. The summed E-state index contributed by atoms with van der Waals surface area (Å²) in [5, 5.41) is 3.36. The van der Waals surface area contributed by atoms with E-state index in [9.17, 15) is 4.21 Å². The van der Waals surface area contributed by atoms with Crippen molar-refractivity contribution < 1.29 is 8.63 Å². The minimum Gasteiger partial charge on any atom is -0.465 e. The fourth-order valence-electron chi connectivity index (χ4n) is 2.21. The fourth-order valence-corrected chi connectivity index (χ4v) is 3.34. The Labute approximate surface area is 118 Å². The molecule has 0 aromatic carbocycles. The molecule has 2 heterocycles. The van der Waals surface area contributed by atoms with E-state index in [0.717, 1.165) is 49.2 Å². The normalized spacial score (nSPS) is 18.3. The molecule has 0 aliphatic carbocycles. The van der Waals surface area contributed by atoms with E-state index < -0.39 is 10.8 Å². The molecule has 0 atom stereocenters. The zero-order valence-corrected chi connectivity index (χ0v) is 12.9. The van der Waals surface area contributed by atoms with Gasteiger partial charge in [0.15, 0.2) is 0 Å². The third kappa shape index (κ3) is 4.44. The van der Waals surface area contributed by atoms with Gasteiger partial charge < -0.3 is 9.73 Å². The molecule has 1 aromatic heterocycles. The van der Waals surface area contributed by atoms with Gasteiger partial charge in [-0.3, -0.25) is 9.11 Å². The monoisotopic (exact) mass is 284 g/mol. The van der Waals surface area contributed by atoms with E-state index in [1.807, 2.05) is 6.92 Å². The van der Waals surface area contributed by atoms with E-state index in [4.69, 9.17) is 4.42 Å². The molecule has 1 N–H and O–H groups in total. The van der Waals surface area contributed by atoms with Crippen LogP contribution < -0.4 is 5.32 Å². The number of nitrogens with one attached hydrogen (secondary N) is 1. The SMILES string of the molecule is Cc1oc(CNC(C)C)cc1CN1CCS(=O)CC1. The number of rotatable bonds is 5. The highest BCUT2D eigenvalue weighted by Gasteiger charge is 2.17. The lowest BCUT2D eigenvalue weighted by Gasteiger charge is -2.25. The van der Waals surface area contributed by atoms with Crippen molar-refractivity contribution in [2.75, 3.05) is 24.6 Å². The molecule has 4 nitrogen and oxygen atoms in total. The van der Waals surface area contributed by atoms with Crippen LogP contribution in [0.2, 0.25) is 0 Å². The van der Waals surface area contributed by atoms with Gasteiger partial charge in [-0.05, 0) is 13.0 Å². The predicted octanol–water partition coefficient (Wildman–Crippen LogP) is 1.65. The van der Waals surface area contributed by atoms with Crippen LogP contribution in [0.4, 0.5) is 0 Å². The molecule has 0 unspecified atom stereocenters. The second kappa shape index (κ2) is 6.68. The Morgan fingerprint density at radius 2 is 2.11 bits per heavy atom. The molecule has 0 spiro atoms. The van der Waals surface area contributed by atoms with Crippen LogP contribution in [0, 0.1) is 6.92 Å². The van der Waals surface area contributed by atoms with Gasteiger partial charge in [0.05, 0.1) is 6.54 Å². The maximum absolute atomic E-state index is 11.3. The van der Waals surface area contributed by atoms with E-state index >= 15 is 0 Å². The second-order valence-electron chi connectivity index (χ2n) is 5.45. The van der Waals surface area contributed by atoms with Crippen molar-refractivity contribution in [3.8, 4) is 0 Å². The lowest BCUT2D eigenvalue weighted by molar-refractivity contribution is 0.289. The quantitative estimate of drug-likeness (QED) is 0.893. The van der Waals surface area contributed by atoms with E-state index in [1.165, 1.54) is 5.56 Å². The predicted molar refractivity (Wildman–Crippen MR) is 78.6 cm³/mol. The number of nitrogens with zero attached hydrogens (tertiary/aromatic N) is 1. The summed E-state index contributed by atoms with van der Waals surface area (Å²) in [6.45, 7) is 9.83. The molecule has 1 aliphatic heterocycles. The molecular formula is C14H24N2O2S. The summed E-state index contributed by atoms with van der Waals surface area (Å²) in [7, 11) is -0.602. The van der Waals surface area contributed by atoms with E-state index in [-0.39, 0.29) is 0 Å². The van der Waals surface area contributed by atoms with Gasteiger partial charge in [0.25, 0.3) is 0 Å². The summed E-state index contributed by atoms with van der Waals surface area (Å²) >= 11 is 0. The first-order valence-corrected chi connectivity index (χ1v) is 8.42. The molecule has 0 radical (unpaired) electrons. The van der Waals surface area contributed by atoms with Crippen LogP contribution in [0.1, 0.15) is 30.9 Å². The Hall–Kier alpha value is -0.650. The summed E-state index contributed by atoms with van der Waals surface area (Å²) in [5.41, 5.74) is 1.26. The summed E-state index contributed by atoms with van der Waals surface area (Å²) in [6.07, 6.45) is 0. The first-order chi connectivity index (χ1) is 9.04. The van der Waals surface area contributed by atoms with E-state index in [1.54, 1.807) is 0 Å². The highest BCUT2D eigenvalue weighted by Crippen LogP contribution is 2.17. The van der Waals surface area contributed by atoms with Crippen LogP contribution in [0.25, 0.3) is 0 Å². The average Bonchev–Trinajstić information content (AvgIpc) is 2.71. The summed E-state index contributed by atoms with van der Waals surface area (Å²) in [6, 6.07) is 2.61. The summed E-state index contributed by atoms with van der Waals surface area (Å²) in [5.74, 6) is 3.62. The van der Waals surface area contributed by atoms with Crippen LogP contribution >= 0.6 is 0 Å². The Bertz CT molecular complexity index is 433. The molecule has 108 valence electrons. The lowest BCUT2D eigenvalue weighted by Crippen LogP contribution is -2.37. The third-order valence-electron chi connectivity index (χ3n) is 3.42. The molecule has 1 fully saturated rings. The highest BCUT2D eigenvalue weighted by molar-refractivity contribution is 7.85. The van der Waals surface area contributed by atoms with Crippen LogP contribution in [0.5, 0.6) is 0 Å². The Kier molecular flexibility index (Phi) is 5.19. The smallest absolute Gasteiger partial charge is 0.118 e. The van der Waals surface area contributed by atoms with E-state index in [2.05, 4.69) is 30.1 Å². The Morgan fingerprint density at radius 1 is 1.42 bits per heavy atom. The van der Waals surface area contributed by atoms with Crippen molar-refractivity contribution in [3.63, 3.8) is 0 Å². The Morgan fingerprint density at radius 3 is 2.74 bits per heavy atom. The average molecular weight is 284 g/mol. The molecule has 1 aliphatic rings. The molecule has 0 saturated carbocycles. The van der Waals surface area contributed by atoms with Crippen molar-refractivity contribution in [1.82, 2.24) is 10.2 Å². The van der Waals surface area contributed by atoms with Crippen molar-refractivity contribution >= 4 is 10.8 Å². The van der Waals surface area contributed by atoms with Crippen molar-refractivity contribution in [1.29, 1.82) is 0 Å². The van der Waals surface area contributed by atoms with Crippen LogP contribution in [-0.2, 0) is 23.9 Å². The van der Waals surface area contributed by atoms with Gasteiger partial charge in [0.1, 0.15) is 11.5 Å². The van der Waals surface area contributed by atoms with Gasteiger partial charge in [-0.1, -0.05) is 13.8 Å². The highest BCUT2D eigenvalue weighted by atomic mass is 32.2. The van der Waals surface area contributed by atoms with Crippen molar-refractivity contribution in [2.24, 2.45) is 0 Å². The maximum Gasteiger partial charge on any atom is 0.118 e. The van der Waals surface area contributed by atoms with Gasteiger partial charge in [-0.25, -0.2) is 0 Å². The first kappa shape index (κ1) is 14.8. The molecule has 5 heteroatoms. The maximum atomic E-state index is 11.3. The van der Waals surface area contributed by atoms with E-state index in [0.29, 0.717) is 6.04 Å². The third-order valence-corrected chi connectivity index (χ3v) is 4.70. The topological polar surface area (TPSA) is 45.5 Å². The van der Waals surface area contributed by atoms with Crippen LogP contribution in [0.3, 0.4) is 0 Å². The largest absolute Gasteiger partial charge is 0.465 e. The molecule has 19 heavy (non-hydrogen) atoms. The first-order valence-electron chi connectivity index (χ1n) is 6.93. The number of furan rings is 1. The van der Waals surface area contributed by atoms with Crippen LogP contribution in [0.15, 0.2) is 10.5 Å². The minimum atomic E-state index is -0.602. The summed E-state index contributed by atoms with van der Waals surface area (Å²) in [4.78, 5) is 2.36. The number of hydrogen-bond donors (Lipinski definition) is 1. The minimum absolute atomic E-state index is 0.464. The number of aryl methyl sites for hydroxylation is 1. The molecule has 1 aromatic rings. The standard InChI is InChI=1S/C14H24N2O2S/c1-11(2)15-9-14-8-13(12(3)18-14)10-16-4-6-19(17)7-5-16/h8,11,15H,4-7,9-10H2,1-3H3. The van der Waals surface area contributed by atoms with Gasteiger partial charge in [-0.15, -0.1) is 0 Å². The zero-order valence-electron chi connectivity index (χ0n) is 12.1. The van der Waals surface area contributed by atoms with Crippen molar-refractivity contribution in [2.45, 2.75) is 39.9 Å². The fraction of sp³-hybridized carbons (Fsp3) is 0.714. The number of hydrogen-bond acceptors (Lipinski definition) is 4. The molecule has 0 amide bonds. The van der Waals surface area contributed by atoms with Crippen LogP contribution in [-0.4, -0.2) is 39.7 Å². The molecular weight excluding hydrogens is 260 g/mol. The molecule has 0 bridgehead atoms. The second-order valence-corrected chi connectivity index (χ2v) is 7.15. The van der Waals surface area contributed by atoms with Gasteiger partial charge in [0.2, 0.25) is 0 Å². The van der Waals surface area contributed by atoms with Gasteiger partial charge in [-0.2, -0.15) is 0 Å². The zero-order chi connectivity index (χ0) is 13.8. The molecule has 2 rings (SSSR count).